The van der Waals surface area contributed by atoms with Crippen molar-refractivity contribution in [3.63, 3.8) is 0 Å². The van der Waals surface area contributed by atoms with E-state index in [0.29, 0.717) is 6.45 Å². The topological polar surface area (TPSA) is 46.5 Å². The van der Waals surface area contributed by atoms with Crippen LogP contribution in [0.4, 0.5) is 0 Å². The van der Waals surface area contributed by atoms with E-state index in [1.165, 1.54) is 40.6 Å². The molecular weight excluding hydrogens is 550 g/mol. The van der Waals surface area contributed by atoms with Gasteiger partial charge in [-0.1, -0.05) is 69.2 Å². The number of carbonyl (C=O) groups is 1. The number of hydrogen-bond acceptors (Lipinski definition) is 3. The highest BCUT2D eigenvalue weighted by Crippen LogP contribution is 2.43. The lowest BCUT2D eigenvalue weighted by atomic mass is 9.99. The quantitative estimate of drug-likeness (QED) is 0.137. The number of fused-ring (bicyclic) bond motifs is 1. The molecule has 1 aliphatic rings. The maximum absolute atomic E-state index is 9.94. The fourth-order valence-electron chi connectivity index (χ4n) is 3.48. The lowest BCUT2D eigenvalue weighted by molar-refractivity contribution is -0.137. The molecule has 1 fully saturated rings. The second-order valence-electron chi connectivity index (χ2n) is 7.69. The molecule has 178 valence electrons. The van der Waals surface area contributed by atoms with Crippen molar-refractivity contribution in [2.45, 2.75) is 78.2 Å². The van der Waals surface area contributed by atoms with Crippen LogP contribution in [0.25, 0.3) is 10.1 Å². The van der Waals surface area contributed by atoms with Gasteiger partial charge in [-0.3, -0.25) is 4.79 Å². The normalized spacial score (nSPS) is 16.3. The first-order valence-corrected chi connectivity index (χ1v) is 16.4. The van der Waals surface area contributed by atoms with Gasteiger partial charge in [0.15, 0.2) is 0 Å². The number of halogens is 1. The monoisotopic (exact) mass is 588 g/mol. The van der Waals surface area contributed by atoms with Gasteiger partial charge in [0.1, 0.15) is 5.60 Å². The molecule has 0 saturated heterocycles. The third-order valence-electron chi connectivity index (χ3n) is 5.25. The van der Waals surface area contributed by atoms with Crippen LogP contribution in [0.3, 0.4) is 0 Å². The van der Waals surface area contributed by atoms with Crippen LogP contribution in [0.1, 0.15) is 77.5 Å². The van der Waals surface area contributed by atoms with Gasteiger partial charge in [0.2, 0.25) is 0 Å². The fraction of sp³-hybridized carbons (Fsp3) is 0.500. The molecule has 1 saturated carbocycles. The van der Waals surface area contributed by atoms with Crippen LogP contribution in [0.15, 0.2) is 54.6 Å². The summed E-state index contributed by atoms with van der Waals surface area (Å²) >= 11 is 4.17. The van der Waals surface area contributed by atoms with E-state index in [4.69, 9.17) is 9.63 Å². The SMILES string of the molecule is C/C=C\CCCC(=O)O.CC.CC(/C=C/C1CCCC1)(OPI)c1cc2ccccc2s1. The maximum Gasteiger partial charge on any atom is 0.303 e. The van der Waals surface area contributed by atoms with Crippen molar-refractivity contribution in [1.82, 2.24) is 0 Å². The molecule has 3 rings (SSSR count). The van der Waals surface area contributed by atoms with Gasteiger partial charge in [-0.15, -0.1) is 11.3 Å². The number of rotatable bonds is 9. The standard InChI is InChI=1S/C17H20IOPS.C7H12O2.C2H6/c1-17(19-20-18,11-10-13-6-2-3-7-13)16-12-14-8-4-5-9-15(14)21-16;1-2-3-4-5-6-7(8)9;1-2/h4-5,8-13,20H,2-3,6-7H2,1H3;2-3H,4-6H2,1H3,(H,8,9);1-2H3/b11-10+;3-2-;. The first-order valence-electron chi connectivity index (χ1n) is 11.5. The first-order chi connectivity index (χ1) is 15.5. The van der Waals surface area contributed by atoms with Crippen molar-refractivity contribution >= 4 is 55.9 Å². The largest absolute Gasteiger partial charge is 0.481 e. The van der Waals surface area contributed by atoms with Crippen LogP contribution < -0.4 is 0 Å². The number of hydrogen-bond donors (Lipinski definition) is 1. The molecule has 3 nitrogen and oxygen atoms in total. The molecular formula is C26H38IO3PS. The molecule has 1 aromatic heterocycles. The Morgan fingerprint density at radius 3 is 2.59 bits per heavy atom. The number of carboxylic acid groups (broad SMARTS) is 1. The summed E-state index contributed by atoms with van der Waals surface area (Å²) in [6.07, 6.45) is 16.0. The van der Waals surface area contributed by atoms with Crippen molar-refractivity contribution in [2.75, 3.05) is 0 Å². The van der Waals surface area contributed by atoms with Crippen molar-refractivity contribution in [2.24, 2.45) is 5.92 Å². The predicted octanol–water partition coefficient (Wildman–Crippen LogP) is 9.67. The Kier molecular flexibility index (Phi) is 15.4. The van der Waals surface area contributed by atoms with Crippen LogP contribution in [0.2, 0.25) is 0 Å². The summed E-state index contributed by atoms with van der Waals surface area (Å²) in [7, 11) is 0. The zero-order valence-corrected chi connectivity index (χ0v) is 23.7. The van der Waals surface area contributed by atoms with E-state index in [2.05, 4.69) is 71.4 Å². The molecule has 2 unspecified atom stereocenters. The van der Waals surface area contributed by atoms with Gasteiger partial charge in [-0.25, -0.2) is 0 Å². The zero-order chi connectivity index (χ0) is 23.8. The molecule has 0 aliphatic heterocycles. The molecule has 6 heteroatoms. The Hall–Kier alpha value is -0.750. The summed E-state index contributed by atoms with van der Waals surface area (Å²) in [6.45, 7) is 8.60. The number of aliphatic carboxylic acids is 1. The molecule has 2 aromatic rings. The lowest BCUT2D eigenvalue weighted by Gasteiger charge is -2.24. The molecule has 1 aliphatic carbocycles. The van der Waals surface area contributed by atoms with Gasteiger partial charge in [0.25, 0.3) is 0 Å². The second-order valence-corrected chi connectivity index (χ2v) is 10.5. The molecule has 1 heterocycles. The molecule has 1 aromatic carbocycles. The van der Waals surface area contributed by atoms with Crippen LogP contribution in [0.5, 0.6) is 0 Å². The third-order valence-corrected chi connectivity index (χ3v) is 7.75. The minimum absolute atomic E-state index is 0.282. The Morgan fingerprint density at radius 1 is 1.31 bits per heavy atom. The summed E-state index contributed by atoms with van der Waals surface area (Å²) in [6, 6.07) is 10.9. The third kappa shape index (κ3) is 10.5. The first kappa shape index (κ1) is 29.3. The minimum Gasteiger partial charge on any atom is -0.481 e. The lowest BCUT2D eigenvalue weighted by Crippen LogP contribution is -2.18. The molecule has 0 spiro atoms. The summed E-state index contributed by atoms with van der Waals surface area (Å²) in [5, 5.41) is 9.51. The molecule has 32 heavy (non-hydrogen) atoms. The number of allylic oxidation sites excluding steroid dienone is 3. The predicted molar refractivity (Wildman–Crippen MR) is 151 cm³/mol. The minimum atomic E-state index is -0.709. The highest BCUT2D eigenvalue weighted by Gasteiger charge is 2.27. The van der Waals surface area contributed by atoms with Gasteiger partial charge in [-0.2, -0.15) is 0 Å². The maximum atomic E-state index is 9.94. The molecule has 0 amide bonds. The van der Waals surface area contributed by atoms with Gasteiger partial charge in [0, 0.05) is 16.0 Å². The highest BCUT2D eigenvalue weighted by molar-refractivity contribution is 14.2. The Labute approximate surface area is 213 Å². The molecule has 2 atom stereocenters. The number of benzene rings is 1. The summed E-state index contributed by atoms with van der Waals surface area (Å²) in [5.41, 5.74) is -0.286. The van der Waals surface area contributed by atoms with Crippen molar-refractivity contribution in [3.05, 3.63) is 59.5 Å². The Morgan fingerprint density at radius 2 is 2.00 bits per heavy atom. The summed E-state index contributed by atoms with van der Waals surface area (Å²) < 4.78 is 7.48. The van der Waals surface area contributed by atoms with Crippen LogP contribution in [0, 0.1) is 5.92 Å². The van der Waals surface area contributed by atoms with E-state index in [-0.39, 0.29) is 12.0 Å². The highest BCUT2D eigenvalue weighted by atomic mass is 127. The van der Waals surface area contributed by atoms with E-state index in [0.717, 1.165) is 18.8 Å². The van der Waals surface area contributed by atoms with Crippen molar-refractivity contribution in [1.29, 1.82) is 0 Å². The summed E-state index contributed by atoms with van der Waals surface area (Å²) in [5.74, 6) is 0.0411. The number of carboxylic acids is 1. The van der Waals surface area contributed by atoms with E-state index in [1.54, 1.807) is 0 Å². The Bertz CT molecular complexity index is 809. The van der Waals surface area contributed by atoms with E-state index in [9.17, 15) is 4.79 Å². The number of thiophene rings is 1. The van der Waals surface area contributed by atoms with E-state index >= 15 is 0 Å². The van der Waals surface area contributed by atoms with Gasteiger partial charge < -0.3 is 9.63 Å². The zero-order valence-electron chi connectivity index (χ0n) is 19.8. The van der Waals surface area contributed by atoms with Crippen molar-refractivity contribution < 1.29 is 14.4 Å². The van der Waals surface area contributed by atoms with Crippen LogP contribution in [-0.2, 0) is 14.9 Å². The number of unbranched alkanes of at least 4 members (excludes halogenated alkanes) is 1. The fourth-order valence-corrected chi connectivity index (χ4v) is 6.39. The average Bonchev–Trinajstić information content (AvgIpc) is 3.47. The molecule has 1 N–H and O–H groups in total. The second kappa shape index (κ2) is 16.8. The van der Waals surface area contributed by atoms with Crippen LogP contribution in [-0.4, -0.2) is 11.1 Å². The van der Waals surface area contributed by atoms with Crippen molar-refractivity contribution in [3.8, 4) is 0 Å². The van der Waals surface area contributed by atoms with E-state index in [1.807, 2.05) is 44.3 Å². The van der Waals surface area contributed by atoms with Crippen LogP contribution >= 0.6 is 39.8 Å². The van der Waals surface area contributed by atoms with Gasteiger partial charge in [-0.05, 0) is 85.0 Å². The Balaban J connectivity index is 0.000000396. The molecule has 0 radical (unpaired) electrons. The van der Waals surface area contributed by atoms with Gasteiger partial charge >= 0.3 is 5.97 Å². The summed E-state index contributed by atoms with van der Waals surface area (Å²) in [4.78, 5) is 11.2. The van der Waals surface area contributed by atoms with Gasteiger partial charge in [0.05, 0.1) is 6.45 Å². The molecule has 0 bridgehead atoms. The van der Waals surface area contributed by atoms with E-state index < -0.39 is 5.97 Å². The smallest absolute Gasteiger partial charge is 0.303 e. The average molecular weight is 589 g/mol.